The maximum absolute atomic E-state index is 10.7. The van der Waals surface area contributed by atoms with Crippen LogP contribution in [-0.2, 0) is 0 Å². The van der Waals surface area contributed by atoms with Crippen molar-refractivity contribution >= 4 is 5.65 Å². The van der Waals surface area contributed by atoms with Crippen LogP contribution in [0.25, 0.3) is 5.65 Å². The Morgan fingerprint density at radius 2 is 2.40 bits per heavy atom. The van der Waals surface area contributed by atoms with E-state index in [0.29, 0.717) is 5.65 Å². The van der Waals surface area contributed by atoms with Crippen molar-refractivity contribution in [2.75, 3.05) is 0 Å². The number of aromatic amines is 2. The molecule has 0 aliphatic rings. The number of fused-ring (bicyclic) bond motifs is 1. The fraction of sp³-hybridized carbons (Fsp3) is 0. The number of hydrogen-bond acceptors (Lipinski definition) is 2. The largest absolute Gasteiger partial charge is 0.367 e. The highest BCUT2D eigenvalue weighted by molar-refractivity contribution is 5.23. The topological polar surface area (TPSA) is 65.6 Å². The molecule has 0 amide bonds. The van der Waals surface area contributed by atoms with Crippen molar-refractivity contribution in [2.45, 2.75) is 0 Å². The predicted molar refractivity (Wildman–Crippen MR) is 32.4 cm³/mol. The van der Waals surface area contributed by atoms with Gasteiger partial charge in [-0.2, -0.15) is 10.2 Å². The van der Waals surface area contributed by atoms with Gasteiger partial charge < -0.3 is 0 Å². The van der Waals surface area contributed by atoms with E-state index in [9.17, 15) is 4.79 Å². The van der Waals surface area contributed by atoms with Gasteiger partial charge in [-0.25, -0.2) is 0 Å². The monoisotopic (exact) mass is 137 g/mol. The third-order valence-corrected chi connectivity index (χ3v) is 1.22. The van der Waals surface area contributed by atoms with Gasteiger partial charge >= 0.3 is 5.65 Å². The molecular weight excluding hydrogens is 132 g/mol. The smallest absolute Gasteiger partial charge is 0.266 e. The summed E-state index contributed by atoms with van der Waals surface area (Å²) in [7, 11) is 0. The summed E-state index contributed by atoms with van der Waals surface area (Å²) in [4.78, 5) is 14.6. The van der Waals surface area contributed by atoms with E-state index < -0.39 is 0 Å². The Morgan fingerprint density at radius 3 is 3.30 bits per heavy atom. The third kappa shape index (κ3) is 0.604. The summed E-state index contributed by atoms with van der Waals surface area (Å²) in [6.45, 7) is 0. The molecule has 0 aliphatic carbocycles. The molecule has 0 atom stereocenters. The molecule has 0 radical (unpaired) electrons. The van der Waals surface area contributed by atoms with Gasteiger partial charge in [0, 0.05) is 12.1 Å². The average Bonchev–Trinajstić information content (AvgIpc) is 2.33. The van der Waals surface area contributed by atoms with E-state index in [2.05, 4.69) is 15.2 Å². The average molecular weight is 137 g/mol. The number of H-pyrrole nitrogens is 2. The lowest BCUT2D eigenvalue weighted by Gasteiger charge is -1.77. The molecule has 2 heterocycles. The molecule has 5 heteroatoms. The van der Waals surface area contributed by atoms with E-state index in [1.165, 1.54) is 17.0 Å². The molecule has 2 aromatic rings. The Kier molecular flexibility index (Phi) is 0.858. The maximum Gasteiger partial charge on any atom is 0.367 e. The summed E-state index contributed by atoms with van der Waals surface area (Å²) < 4.78 is 1.45. The molecular formula is C5H5N4O+. The van der Waals surface area contributed by atoms with Gasteiger partial charge in [-0.05, 0) is 9.61 Å². The highest BCUT2D eigenvalue weighted by Crippen LogP contribution is 1.78. The second kappa shape index (κ2) is 1.66. The lowest BCUT2D eigenvalue weighted by Crippen LogP contribution is -2.34. The first-order valence-electron chi connectivity index (χ1n) is 2.81. The first-order chi connectivity index (χ1) is 4.86. The zero-order valence-electron chi connectivity index (χ0n) is 5.03. The van der Waals surface area contributed by atoms with Gasteiger partial charge in [-0.1, -0.05) is 0 Å². The second-order valence-electron chi connectivity index (χ2n) is 1.89. The van der Waals surface area contributed by atoms with Crippen LogP contribution in [0.3, 0.4) is 0 Å². The highest BCUT2D eigenvalue weighted by atomic mass is 16.1. The van der Waals surface area contributed by atoms with E-state index in [1.807, 2.05) is 0 Å². The summed E-state index contributed by atoms with van der Waals surface area (Å²) in [6, 6.07) is 3.06. The lowest BCUT2D eigenvalue weighted by atomic mass is 10.6. The van der Waals surface area contributed by atoms with E-state index in [-0.39, 0.29) is 5.56 Å². The number of nitrogens with zero attached hydrogens (tertiary/aromatic N) is 2. The van der Waals surface area contributed by atoms with Crippen LogP contribution >= 0.6 is 0 Å². The standard InChI is InChI=1S/C5H4N4O/c10-5-2-1-4-6-3-7-9(4)8-5/h1-3H,(H,8,10)/p+1. The molecule has 10 heavy (non-hydrogen) atoms. The van der Waals surface area contributed by atoms with Crippen molar-refractivity contribution in [3.8, 4) is 0 Å². The molecule has 5 nitrogen and oxygen atoms in total. The molecule has 0 fully saturated rings. The highest BCUT2D eigenvalue weighted by Gasteiger charge is 2.01. The number of hydrogen-bond donors (Lipinski definition) is 2. The van der Waals surface area contributed by atoms with Gasteiger partial charge in [-0.15, -0.1) is 0 Å². The minimum Gasteiger partial charge on any atom is -0.266 e. The fourth-order valence-electron chi connectivity index (χ4n) is 0.781. The van der Waals surface area contributed by atoms with Gasteiger partial charge in [-0.3, -0.25) is 4.79 Å². The predicted octanol–water partition coefficient (Wildman–Crippen LogP) is -1.16. The third-order valence-electron chi connectivity index (χ3n) is 1.22. The summed E-state index contributed by atoms with van der Waals surface area (Å²) >= 11 is 0. The normalized spacial score (nSPS) is 10.4. The maximum atomic E-state index is 10.7. The molecule has 0 bridgehead atoms. The van der Waals surface area contributed by atoms with Crippen LogP contribution in [0.1, 0.15) is 0 Å². The number of nitrogens with one attached hydrogen (secondary N) is 2. The van der Waals surface area contributed by atoms with E-state index >= 15 is 0 Å². The quantitative estimate of drug-likeness (QED) is 0.449. The van der Waals surface area contributed by atoms with Crippen LogP contribution in [0.15, 0.2) is 23.3 Å². The van der Waals surface area contributed by atoms with Gasteiger partial charge in [0.25, 0.3) is 5.56 Å². The fourth-order valence-corrected chi connectivity index (χ4v) is 0.781. The molecule has 2 rings (SSSR count). The van der Waals surface area contributed by atoms with Gasteiger partial charge in [0.15, 0.2) is 0 Å². The van der Waals surface area contributed by atoms with Gasteiger partial charge in [0.1, 0.15) is 0 Å². The van der Waals surface area contributed by atoms with Crippen LogP contribution in [0.2, 0.25) is 0 Å². The Morgan fingerprint density at radius 1 is 1.50 bits per heavy atom. The number of rotatable bonds is 0. The van der Waals surface area contributed by atoms with Gasteiger partial charge in [0.05, 0.1) is 0 Å². The first-order valence-corrected chi connectivity index (χ1v) is 2.81. The molecule has 0 aliphatic heterocycles. The van der Waals surface area contributed by atoms with E-state index in [0.717, 1.165) is 0 Å². The molecule has 0 saturated heterocycles. The molecule has 0 spiro atoms. The summed E-state index contributed by atoms with van der Waals surface area (Å²) in [5.74, 6) is 0. The molecule has 2 aromatic heterocycles. The minimum atomic E-state index is -0.151. The van der Waals surface area contributed by atoms with Crippen molar-refractivity contribution in [3.63, 3.8) is 0 Å². The van der Waals surface area contributed by atoms with Crippen molar-refractivity contribution in [2.24, 2.45) is 0 Å². The van der Waals surface area contributed by atoms with Crippen LogP contribution in [0.5, 0.6) is 0 Å². The zero-order chi connectivity index (χ0) is 6.97. The summed E-state index contributed by atoms with van der Waals surface area (Å²) in [5.41, 5.74) is 0.543. The Bertz CT molecular complexity index is 401. The van der Waals surface area contributed by atoms with Gasteiger partial charge in [0.2, 0.25) is 6.33 Å². The van der Waals surface area contributed by atoms with E-state index in [1.54, 1.807) is 6.07 Å². The van der Waals surface area contributed by atoms with Crippen LogP contribution in [-0.4, -0.2) is 15.2 Å². The molecule has 0 unspecified atom stereocenters. The zero-order valence-corrected chi connectivity index (χ0v) is 5.03. The van der Waals surface area contributed by atoms with E-state index in [4.69, 9.17) is 0 Å². The lowest BCUT2D eigenvalue weighted by molar-refractivity contribution is -0.642. The van der Waals surface area contributed by atoms with Crippen molar-refractivity contribution < 1.29 is 4.63 Å². The second-order valence-corrected chi connectivity index (χ2v) is 1.89. The van der Waals surface area contributed by atoms with Crippen LogP contribution in [0.4, 0.5) is 0 Å². The Labute approximate surface area is 55.3 Å². The first kappa shape index (κ1) is 5.16. The van der Waals surface area contributed by atoms with Crippen molar-refractivity contribution in [1.29, 1.82) is 0 Å². The Hall–Kier alpha value is -1.65. The van der Waals surface area contributed by atoms with Crippen molar-refractivity contribution in [3.05, 3.63) is 28.8 Å². The summed E-state index contributed by atoms with van der Waals surface area (Å²) in [5, 5.41) is 5.22. The minimum absolute atomic E-state index is 0.151. The number of aromatic nitrogens is 4. The van der Waals surface area contributed by atoms with Crippen LogP contribution < -0.4 is 10.2 Å². The SMILES string of the molecule is O=c1ccc2nc[nH][n+]2[nH]1. The molecule has 0 aromatic carbocycles. The van der Waals surface area contributed by atoms with Crippen LogP contribution in [0, 0.1) is 0 Å². The Balaban J connectivity index is 2.99. The molecule has 2 N–H and O–H groups in total. The van der Waals surface area contributed by atoms with Crippen molar-refractivity contribution in [1.82, 2.24) is 15.2 Å². The summed E-state index contributed by atoms with van der Waals surface area (Å²) in [6.07, 6.45) is 1.51. The molecule has 0 saturated carbocycles. The molecule has 50 valence electrons.